The van der Waals surface area contributed by atoms with Gasteiger partial charge in [-0.3, -0.25) is 4.79 Å². The van der Waals surface area contributed by atoms with Gasteiger partial charge in [0.1, 0.15) is 42.4 Å². The first-order chi connectivity index (χ1) is 16.9. The van der Waals surface area contributed by atoms with Crippen LogP contribution in [0.5, 0.6) is 17.2 Å². The second kappa shape index (κ2) is 11.3. The number of carbonyl (C=O) groups is 1. The number of aromatic hydroxyl groups is 1. The van der Waals surface area contributed by atoms with Crippen LogP contribution < -0.4 is 20.5 Å². The maximum atomic E-state index is 12.9. The van der Waals surface area contributed by atoms with Gasteiger partial charge < -0.3 is 35.3 Å². The van der Waals surface area contributed by atoms with Crippen LogP contribution in [0.25, 0.3) is 11.4 Å². The lowest BCUT2D eigenvalue weighted by molar-refractivity contribution is -0.140. The molecule has 194 valence electrons. The molecule has 3 rings (SSSR count). The Morgan fingerprint density at radius 1 is 1.14 bits per heavy atom. The third-order valence-electron chi connectivity index (χ3n) is 5.16. The number of aliphatic hydroxyl groups excluding tert-OH is 1. The molecule has 1 heterocycles. The number of imidazole rings is 1. The SMILES string of the molecule is CC(COc1ccc(O)c(C(N)=O)c1)NCC(O)COc1ccc(-c2nc(C(F)(F)F)cn2C)cc1. The number of aromatic nitrogens is 2. The first-order valence-electron chi connectivity index (χ1n) is 10.9. The molecular weight excluding hydrogens is 481 g/mol. The molecule has 0 radical (unpaired) electrons. The minimum absolute atomic E-state index is 0.0134. The van der Waals surface area contributed by atoms with Crippen LogP contribution in [0.1, 0.15) is 23.0 Å². The number of phenols is 1. The molecule has 2 unspecified atom stereocenters. The Hall–Kier alpha value is -3.77. The summed E-state index contributed by atoms with van der Waals surface area (Å²) in [6.07, 6.45) is -4.43. The van der Waals surface area contributed by atoms with E-state index in [4.69, 9.17) is 15.2 Å². The summed E-state index contributed by atoms with van der Waals surface area (Å²) in [6.45, 7) is 2.25. The van der Waals surface area contributed by atoms with Crippen molar-refractivity contribution in [1.29, 1.82) is 0 Å². The van der Waals surface area contributed by atoms with Crippen LogP contribution in [0.3, 0.4) is 0 Å². The molecule has 1 amide bonds. The van der Waals surface area contributed by atoms with Gasteiger partial charge in [0.05, 0.1) is 5.56 Å². The smallest absolute Gasteiger partial charge is 0.434 e. The fourth-order valence-corrected chi connectivity index (χ4v) is 3.24. The van der Waals surface area contributed by atoms with Crippen LogP contribution in [-0.4, -0.2) is 57.6 Å². The predicted molar refractivity (Wildman–Crippen MR) is 125 cm³/mol. The molecule has 0 aliphatic carbocycles. The minimum atomic E-state index is -4.52. The van der Waals surface area contributed by atoms with Gasteiger partial charge in [0.25, 0.3) is 5.91 Å². The van der Waals surface area contributed by atoms with E-state index in [1.807, 2.05) is 6.92 Å². The number of ether oxygens (including phenoxy) is 2. The van der Waals surface area contributed by atoms with Crippen molar-refractivity contribution < 1.29 is 37.7 Å². The monoisotopic (exact) mass is 508 g/mol. The highest BCUT2D eigenvalue weighted by atomic mass is 19.4. The highest BCUT2D eigenvalue weighted by molar-refractivity contribution is 5.95. The van der Waals surface area contributed by atoms with E-state index in [-0.39, 0.29) is 42.9 Å². The van der Waals surface area contributed by atoms with Crippen LogP contribution in [0, 0.1) is 0 Å². The number of aryl methyl sites for hydroxylation is 1. The fourth-order valence-electron chi connectivity index (χ4n) is 3.24. The number of nitrogens with zero attached hydrogens (tertiary/aromatic N) is 2. The zero-order chi connectivity index (χ0) is 26.5. The van der Waals surface area contributed by atoms with Crippen molar-refractivity contribution in [3.8, 4) is 28.6 Å². The van der Waals surface area contributed by atoms with Gasteiger partial charge in [-0.1, -0.05) is 0 Å². The number of aliphatic hydroxyl groups is 1. The first kappa shape index (κ1) is 26.8. The fraction of sp³-hybridized carbons (Fsp3) is 0.333. The summed E-state index contributed by atoms with van der Waals surface area (Å²) in [6, 6.07) is 10.4. The van der Waals surface area contributed by atoms with Gasteiger partial charge in [-0.25, -0.2) is 4.98 Å². The highest BCUT2D eigenvalue weighted by Gasteiger charge is 2.34. The topological polar surface area (TPSA) is 132 Å². The van der Waals surface area contributed by atoms with Crippen molar-refractivity contribution in [2.24, 2.45) is 12.8 Å². The molecular formula is C24H27F3N4O5. The molecule has 1 aromatic heterocycles. The molecule has 36 heavy (non-hydrogen) atoms. The Kier molecular flexibility index (Phi) is 8.43. The zero-order valence-corrected chi connectivity index (χ0v) is 19.6. The average molecular weight is 508 g/mol. The Labute approximate surface area is 205 Å². The van der Waals surface area contributed by atoms with Crippen molar-refractivity contribution >= 4 is 5.91 Å². The van der Waals surface area contributed by atoms with Gasteiger partial charge in [0.2, 0.25) is 0 Å². The lowest BCUT2D eigenvalue weighted by Crippen LogP contribution is -2.39. The second-order valence-electron chi connectivity index (χ2n) is 8.21. The third kappa shape index (κ3) is 7.12. The van der Waals surface area contributed by atoms with Gasteiger partial charge in [0.15, 0.2) is 5.69 Å². The van der Waals surface area contributed by atoms with Crippen molar-refractivity contribution in [2.45, 2.75) is 25.2 Å². The molecule has 0 aliphatic heterocycles. The van der Waals surface area contributed by atoms with E-state index < -0.39 is 23.9 Å². The molecule has 0 spiro atoms. The Bertz CT molecular complexity index is 1180. The third-order valence-corrected chi connectivity index (χ3v) is 5.16. The number of hydrogen-bond donors (Lipinski definition) is 4. The number of nitrogens with one attached hydrogen (secondary N) is 1. The number of nitrogens with two attached hydrogens (primary N) is 1. The molecule has 0 saturated carbocycles. The lowest BCUT2D eigenvalue weighted by Gasteiger charge is -2.18. The van der Waals surface area contributed by atoms with E-state index in [0.29, 0.717) is 17.1 Å². The largest absolute Gasteiger partial charge is 0.507 e. The van der Waals surface area contributed by atoms with Crippen molar-refractivity contribution in [2.75, 3.05) is 19.8 Å². The van der Waals surface area contributed by atoms with E-state index >= 15 is 0 Å². The molecule has 5 N–H and O–H groups in total. The lowest BCUT2D eigenvalue weighted by atomic mass is 10.2. The molecule has 0 fully saturated rings. The number of amides is 1. The Morgan fingerprint density at radius 3 is 2.39 bits per heavy atom. The number of carbonyl (C=O) groups excluding carboxylic acids is 1. The van der Waals surface area contributed by atoms with Gasteiger partial charge in [0, 0.05) is 31.4 Å². The molecule has 2 aromatic carbocycles. The summed E-state index contributed by atoms with van der Waals surface area (Å²) < 4.78 is 51.1. The zero-order valence-electron chi connectivity index (χ0n) is 19.6. The van der Waals surface area contributed by atoms with Gasteiger partial charge in [-0.2, -0.15) is 13.2 Å². The maximum absolute atomic E-state index is 12.9. The second-order valence-corrected chi connectivity index (χ2v) is 8.21. The number of alkyl halides is 3. The van der Waals surface area contributed by atoms with Crippen LogP contribution in [0.4, 0.5) is 13.2 Å². The van der Waals surface area contributed by atoms with Crippen LogP contribution in [0.15, 0.2) is 48.7 Å². The molecule has 3 aromatic rings. The van der Waals surface area contributed by atoms with E-state index in [0.717, 1.165) is 6.20 Å². The normalized spacial score (nSPS) is 13.3. The molecule has 0 aliphatic rings. The number of benzene rings is 2. The van der Waals surface area contributed by atoms with Crippen LogP contribution in [-0.2, 0) is 13.2 Å². The standard InChI is InChI=1S/C24H27F3N4O5/c1-14(12-35-18-7-8-20(33)19(9-18)22(28)34)29-10-16(32)13-36-17-5-3-15(4-6-17)23-30-21(11-31(23)2)24(25,26)27/h3-9,11,14,16,29,32-33H,10,12-13H2,1-2H3,(H2,28,34). The summed E-state index contributed by atoms with van der Waals surface area (Å²) in [4.78, 5) is 14.9. The quantitative estimate of drug-likeness (QED) is 0.313. The first-order valence-corrected chi connectivity index (χ1v) is 10.9. The predicted octanol–water partition coefficient (Wildman–Crippen LogP) is 2.71. The van der Waals surface area contributed by atoms with E-state index in [9.17, 15) is 28.2 Å². The van der Waals surface area contributed by atoms with E-state index in [2.05, 4.69) is 10.3 Å². The number of primary amides is 1. The van der Waals surface area contributed by atoms with E-state index in [1.54, 1.807) is 24.3 Å². The average Bonchev–Trinajstić information content (AvgIpc) is 3.23. The maximum Gasteiger partial charge on any atom is 0.434 e. The van der Waals surface area contributed by atoms with Gasteiger partial charge >= 0.3 is 6.18 Å². The Balaban J connectivity index is 1.43. The number of hydrogen-bond acceptors (Lipinski definition) is 7. The summed E-state index contributed by atoms with van der Waals surface area (Å²) in [5.74, 6) is -0.0210. The molecule has 0 saturated heterocycles. The summed E-state index contributed by atoms with van der Waals surface area (Å²) in [5, 5.41) is 22.9. The molecule has 9 nitrogen and oxygen atoms in total. The minimum Gasteiger partial charge on any atom is -0.507 e. The van der Waals surface area contributed by atoms with Crippen molar-refractivity contribution in [3.05, 3.63) is 59.9 Å². The highest BCUT2D eigenvalue weighted by Crippen LogP contribution is 2.31. The van der Waals surface area contributed by atoms with Gasteiger partial charge in [-0.15, -0.1) is 0 Å². The number of halogens is 3. The van der Waals surface area contributed by atoms with Crippen LogP contribution in [0.2, 0.25) is 0 Å². The van der Waals surface area contributed by atoms with Crippen LogP contribution >= 0.6 is 0 Å². The van der Waals surface area contributed by atoms with Gasteiger partial charge in [-0.05, 0) is 49.4 Å². The molecule has 12 heteroatoms. The van der Waals surface area contributed by atoms with E-state index in [1.165, 1.54) is 29.8 Å². The summed E-state index contributed by atoms with van der Waals surface area (Å²) in [5.41, 5.74) is 4.69. The molecule has 0 bridgehead atoms. The van der Waals surface area contributed by atoms with Crippen molar-refractivity contribution in [3.63, 3.8) is 0 Å². The van der Waals surface area contributed by atoms with Crippen molar-refractivity contribution in [1.82, 2.24) is 14.9 Å². The number of rotatable bonds is 11. The molecule has 2 atom stereocenters. The Morgan fingerprint density at radius 2 is 1.78 bits per heavy atom. The summed E-state index contributed by atoms with van der Waals surface area (Å²) >= 11 is 0. The summed E-state index contributed by atoms with van der Waals surface area (Å²) in [7, 11) is 1.49.